The van der Waals surface area contributed by atoms with Crippen molar-refractivity contribution in [3.05, 3.63) is 23.2 Å². The van der Waals surface area contributed by atoms with E-state index in [0.717, 1.165) is 25.3 Å². The van der Waals surface area contributed by atoms with E-state index in [9.17, 15) is 4.79 Å². The van der Waals surface area contributed by atoms with Crippen LogP contribution in [0.3, 0.4) is 0 Å². The Kier molecular flexibility index (Phi) is 5.84. The van der Waals surface area contributed by atoms with Crippen LogP contribution in [0.4, 0.5) is 0 Å². The van der Waals surface area contributed by atoms with Crippen molar-refractivity contribution in [1.29, 1.82) is 0 Å². The van der Waals surface area contributed by atoms with Crippen LogP contribution in [0.2, 0.25) is 0 Å². The van der Waals surface area contributed by atoms with Crippen molar-refractivity contribution < 1.29 is 13.9 Å². The molecule has 0 aromatic carbocycles. The first-order valence-corrected chi connectivity index (χ1v) is 5.86. The highest BCUT2D eigenvalue weighted by Crippen LogP contribution is 2.15. The minimum absolute atomic E-state index is 0.329. The van der Waals surface area contributed by atoms with Crippen LogP contribution in [0.25, 0.3) is 0 Å². The SMILES string of the molecule is COCCCN(C)Cc1cc(C(=O)NN)c(C)o1. The molecule has 0 fully saturated rings. The van der Waals surface area contributed by atoms with Gasteiger partial charge >= 0.3 is 0 Å². The summed E-state index contributed by atoms with van der Waals surface area (Å²) in [6.45, 7) is 4.05. The second-order valence-corrected chi connectivity index (χ2v) is 4.24. The number of rotatable bonds is 7. The molecule has 3 N–H and O–H groups in total. The number of hydrogen-bond acceptors (Lipinski definition) is 5. The topological polar surface area (TPSA) is 80.7 Å². The van der Waals surface area contributed by atoms with E-state index < -0.39 is 0 Å². The molecule has 1 heterocycles. The smallest absolute Gasteiger partial charge is 0.268 e. The normalized spacial score (nSPS) is 10.9. The standard InChI is InChI=1S/C12H21N3O3/c1-9-11(12(16)14-13)7-10(18-9)8-15(2)5-4-6-17-3/h7H,4-6,8,13H2,1-3H3,(H,14,16). The van der Waals surface area contributed by atoms with Crippen LogP contribution >= 0.6 is 0 Å². The molecule has 1 aromatic heterocycles. The number of nitrogens with zero attached hydrogens (tertiary/aromatic N) is 1. The van der Waals surface area contributed by atoms with Gasteiger partial charge < -0.3 is 9.15 Å². The molecular weight excluding hydrogens is 234 g/mol. The third kappa shape index (κ3) is 4.14. The van der Waals surface area contributed by atoms with Crippen LogP contribution in [0.1, 0.15) is 28.3 Å². The highest BCUT2D eigenvalue weighted by Gasteiger charge is 2.14. The quantitative estimate of drug-likeness (QED) is 0.324. The van der Waals surface area contributed by atoms with Gasteiger partial charge in [-0.2, -0.15) is 0 Å². The van der Waals surface area contributed by atoms with Crippen LogP contribution < -0.4 is 11.3 Å². The highest BCUT2D eigenvalue weighted by molar-refractivity contribution is 5.94. The molecular formula is C12H21N3O3. The number of furan rings is 1. The fourth-order valence-electron chi connectivity index (χ4n) is 1.75. The Labute approximate surface area is 107 Å². The molecule has 102 valence electrons. The van der Waals surface area contributed by atoms with E-state index in [1.807, 2.05) is 7.05 Å². The van der Waals surface area contributed by atoms with Crippen molar-refractivity contribution in [1.82, 2.24) is 10.3 Å². The number of ether oxygens (including phenoxy) is 1. The highest BCUT2D eigenvalue weighted by atomic mass is 16.5. The third-order valence-corrected chi connectivity index (χ3v) is 2.66. The average molecular weight is 255 g/mol. The number of amides is 1. The summed E-state index contributed by atoms with van der Waals surface area (Å²) in [5, 5.41) is 0. The third-order valence-electron chi connectivity index (χ3n) is 2.66. The number of methoxy groups -OCH3 is 1. The summed E-state index contributed by atoms with van der Waals surface area (Å²) in [4.78, 5) is 13.5. The van der Waals surface area contributed by atoms with Crippen LogP contribution in [0.15, 0.2) is 10.5 Å². The number of aryl methyl sites for hydroxylation is 1. The summed E-state index contributed by atoms with van der Waals surface area (Å²) in [5.74, 6) is 6.11. The first kappa shape index (κ1) is 14.7. The van der Waals surface area contributed by atoms with Crippen molar-refractivity contribution in [3.8, 4) is 0 Å². The largest absolute Gasteiger partial charge is 0.464 e. The van der Waals surface area contributed by atoms with Gasteiger partial charge in [0, 0.05) is 20.3 Å². The number of hydrazine groups is 1. The van der Waals surface area contributed by atoms with Crippen molar-refractivity contribution in [2.24, 2.45) is 5.84 Å². The van der Waals surface area contributed by atoms with Crippen molar-refractivity contribution in [3.63, 3.8) is 0 Å². The molecule has 0 spiro atoms. The summed E-state index contributed by atoms with van der Waals surface area (Å²) in [6.07, 6.45) is 0.961. The molecule has 18 heavy (non-hydrogen) atoms. The van der Waals surface area contributed by atoms with E-state index >= 15 is 0 Å². The van der Waals surface area contributed by atoms with Gasteiger partial charge in [0.15, 0.2) is 0 Å². The molecule has 0 bridgehead atoms. The lowest BCUT2D eigenvalue weighted by atomic mass is 10.2. The van der Waals surface area contributed by atoms with Crippen LogP contribution in [0, 0.1) is 6.92 Å². The Morgan fingerprint density at radius 3 is 2.94 bits per heavy atom. The lowest BCUT2D eigenvalue weighted by Gasteiger charge is -2.14. The Bertz CT molecular complexity index is 390. The average Bonchev–Trinajstić information content (AvgIpc) is 2.69. The zero-order valence-corrected chi connectivity index (χ0v) is 11.2. The number of hydrogen-bond donors (Lipinski definition) is 2. The first-order chi connectivity index (χ1) is 8.58. The zero-order valence-electron chi connectivity index (χ0n) is 11.2. The monoisotopic (exact) mass is 255 g/mol. The molecule has 0 saturated heterocycles. The van der Waals surface area contributed by atoms with Crippen LogP contribution in [-0.2, 0) is 11.3 Å². The Balaban J connectivity index is 2.54. The van der Waals surface area contributed by atoms with E-state index in [4.69, 9.17) is 15.0 Å². The maximum atomic E-state index is 11.4. The van der Waals surface area contributed by atoms with E-state index in [0.29, 0.717) is 17.9 Å². The van der Waals surface area contributed by atoms with Gasteiger partial charge in [-0.3, -0.25) is 15.1 Å². The Morgan fingerprint density at radius 2 is 2.33 bits per heavy atom. The van der Waals surface area contributed by atoms with Crippen LogP contribution in [-0.4, -0.2) is 38.1 Å². The summed E-state index contributed by atoms with van der Waals surface area (Å²) in [5.41, 5.74) is 2.59. The lowest BCUT2D eigenvalue weighted by molar-refractivity contribution is 0.0952. The molecule has 0 aliphatic rings. The molecule has 6 nitrogen and oxygen atoms in total. The number of nitrogens with two attached hydrogens (primary N) is 1. The summed E-state index contributed by atoms with van der Waals surface area (Å²) in [7, 11) is 3.68. The molecule has 0 atom stereocenters. The summed E-state index contributed by atoms with van der Waals surface area (Å²) in [6, 6.07) is 1.73. The van der Waals surface area contributed by atoms with Crippen molar-refractivity contribution >= 4 is 5.91 Å². The van der Waals surface area contributed by atoms with Gasteiger partial charge in [-0.1, -0.05) is 0 Å². The van der Waals surface area contributed by atoms with Gasteiger partial charge in [0.1, 0.15) is 11.5 Å². The second-order valence-electron chi connectivity index (χ2n) is 4.24. The fraction of sp³-hybridized carbons (Fsp3) is 0.583. The minimum Gasteiger partial charge on any atom is -0.464 e. The fourth-order valence-corrected chi connectivity index (χ4v) is 1.75. The van der Waals surface area contributed by atoms with Gasteiger partial charge in [0.2, 0.25) is 0 Å². The molecule has 0 saturated carbocycles. The predicted molar refractivity (Wildman–Crippen MR) is 67.9 cm³/mol. The van der Waals surface area contributed by atoms with Crippen molar-refractivity contribution in [2.45, 2.75) is 19.9 Å². The van der Waals surface area contributed by atoms with E-state index in [-0.39, 0.29) is 5.91 Å². The first-order valence-electron chi connectivity index (χ1n) is 5.86. The maximum absolute atomic E-state index is 11.4. The summed E-state index contributed by atoms with van der Waals surface area (Å²) < 4.78 is 10.5. The lowest BCUT2D eigenvalue weighted by Crippen LogP contribution is -2.30. The summed E-state index contributed by atoms with van der Waals surface area (Å²) >= 11 is 0. The molecule has 1 rings (SSSR count). The number of carbonyl (C=O) groups is 1. The van der Waals surface area contributed by atoms with E-state index in [1.165, 1.54) is 0 Å². The number of nitrogen functional groups attached to an aromatic ring is 1. The Morgan fingerprint density at radius 1 is 1.61 bits per heavy atom. The minimum atomic E-state index is -0.329. The van der Waals surface area contributed by atoms with Gasteiger partial charge in [-0.05, 0) is 26.5 Å². The molecule has 1 aromatic rings. The molecule has 0 unspecified atom stereocenters. The second kappa shape index (κ2) is 7.15. The zero-order chi connectivity index (χ0) is 13.5. The predicted octanol–water partition coefficient (Wildman–Crippen LogP) is 0.660. The van der Waals surface area contributed by atoms with Crippen molar-refractivity contribution in [2.75, 3.05) is 27.3 Å². The number of nitrogens with one attached hydrogen (secondary N) is 1. The molecule has 0 aliphatic carbocycles. The number of carbonyl (C=O) groups excluding carboxylic acids is 1. The van der Waals surface area contributed by atoms with E-state index in [1.54, 1.807) is 20.1 Å². The van der Waals surface area contributed by atoms with E-state index in [2.05, 4.69) is 10.3 Å². The van der Waals surface area contributed by atoms with Gasteiger partial charge in [0.05, 0.1) is 12.1 Å². The van der Waals surface area contributed by atoms with Gasteiger partial charge in [0.25, 0.3) is 5.91 Å². The molecule has 0 aliphatic heterocycles. The Hall–Kier alpha value is -1.37. The molecule has 0 radical (unpaired) electrons. The van der Waals surface area contributed by atoms with Gasteiger partial charge in [-0.15, -0.1) is 0 Å². The maximum Gasteiger partial charge on any atom is 0.268 e. The molecule has 1 amide bonds. The molecule has 6 heteroatoms. The van der Waals surface area contributed by atoms with Gasteiger partial charge in [-0.25, -0.2) is 5.84 Å². The van der Waals surface area contributed by atoms with Crippen LogP contribution in [0.5, 0.6) is 0 Å².